The average molecular weight is 331 g/mol. The molecule has 0 saturated heterocycles. The van der Waals surface area contributed by atoms with Crippen LogP contribution in [-0.2, 0) is 13.0 Å². The molecule has 0 aliphatic carbocycles. The number of aromatic nitrogens is 2. The minimum Gasteiger partial charge on any atom is -0.274 e. The van der Waals surface area contributed by atoms with Crippen molar-refractivity contribution in [3.63, 3.8) is 0 Å². The molecule has 0 fully saturated rings. The fourth-order valence-electron chi connectivity index (χ4n) is 3.08. The van der Waals surface area contributed by atoms with Crippen LogP contribution in [0.25, 0.3) is 0 Å². The summed E-state index contributed by atoms with van der Waals surface area (Å²) < 4.78 is 1.87. The Morgan fingerprint density at radius 1 is 0.800 bits per heavy atom. The summed E-state index contributed by atoms with van der Waals surface area (Å²) in [6.07, 6.45) is 4.35. The van der Waals surface area contributed by atoms with E-state index in [0.717, 1.165) is 5.56 Å². The van der Waals surface area contributed by atoms with Crippen molar-refractivity contribution in [2.24, 2.45) is 0 Å². The van der Waals surface area contributed by atoms with Gasteiger partial charge in [0.05, 0.1) is 23.9 Å². The predicted molar refractivity (Wildman–Crippen MR) is 93.3 cm³/mol. The van der Waals surface area contributed by atoms with Gasteiger partial charge in [0.15, 0.2) is 0 Å². The number of amides is 2. The lowest BCUT2D eigenvalue weighted by Gasteiger charge is -2.12. The second-order valence-electron chi connectivity index (χ2n) is 6.09. The number of fused-ring (bicyclic) bond motifs is 1. The maximum atomic E-state index is 12.4. The van der Waals surface area contributed by atoms with Crippen molar-refractivity contribution < 1.29 is 9.59 Å². The van der Waals surface area contributed by atoms with Gasteiger partial charge in [0.2, 0.25) is 0 Å². The first-order valence-corrected chi connectivity index (χ1v) is 8.23. The normalized spacial score (nSPS) is 13.4. The third-order valence-corrected chi connectivity index (χ3v) is 4.38. The molecule has 0 spiro atoms. The highest BCUT2D eigenvalue weighted by Gasteiger charge is 2.34. The molecule has 4 rings (SSSR count). The first-order chi connectivity index (χ1) is 12.2. The zero-order valence-electron chi connectivity index (χ0n) is 13.6. The first kappa shape index (κ1) is 15.3. The van der Waals surface area contributed by atoms with Gasteiger partial charge in [-0.05, 0) is 29.7 Å². The molecule has 0 atom stereocenters. The summed E-state index contributed by atoms with van der Waals surface area (Å²) in [5.41, 5.74) is 3.17. The third kappa shape index (κ3) is 2.96. The van der Waals surface area contributed by atoms with Crippen LogP contribution in [0.4, 0.5) is 0 Å². The maximum Gasteiger partial charge on any atom is 0.261 e. The first-order valence-electron chi connectivity index (χ1n) is 8.23. The Morgan fingerprint density at radius 2 is 1.44 bits per heavy atom. The Morgan fingerprint density at radius 3 is 2.12 bits per heavy atom. The van der Waals surface area contributed by atoms with Crippen LogP contribution >= 0.6 is 0 Å². The van der Waals surface area contributed by atoms with Gasteiger partial charge in [0.25, 0.3) is 11.8 Å². The largest absolute Gasteiger partial charge is 0.274 e. The monoisotopic (exact) mass is 331 g/mol. The summed E-state index contributed by atoms with van der Waals surface area (Å²) in [5, 5.41) is 4.36. The molecule has 25 heavy (non-hydrogen) atoms. The van der Waals surface area contributed by atoms with Gasteiger partial charge in [-0.25, -0.2) is 0 Å². The zero-order valence-corrected chi connectivity index (χ0v) is 13.6. The number of carbonyl (C=O) groups is 2. The quantitative estimate of drug-likeness (QED) is 0.676. The summed E-state index contributed by atoms with van der Waals surface area (Å²) in [5.74, 6) is -0.422. The number of hydrogen-bond acceptors (Lipinski definition) is 3. The van der Waals surface area contributed by atoms with Gasteiger partial charge in [0.1, 0.15) is 0 Å². The molecule has 2 heterocycles. The fraction of sp³-hybridized carbons (Fsp3) is 0.150. The molecule has 1 aliphatic rings. The highest BCUT2D eigenvalue weighted by molar-refractivity contribution is 6.21. The van der Waals surface area contributed by atoms with Crippen molar-refractivity contribution in [2.45, 2.75) is 13.0 Å². The van der Waals surface area contributed by atoms with Crippen LogP contribution in [0.1, 0.15) is 31.8 Å². The van der Waals surface area contributed by atoms with Crippen molar-refractivity contribution in [3.05, 3.63) is 89.2 Å². The molecule has 1 aliphatic heterocycles. The zero-order chi connectivity index (χ0) is 17.2. The van der Waals surface area contributed by atoms with E-state index in [9.17, 15) is 9.59 Å². The van der Waals surface area contributed by atoms with Gasteiger partial charge >= 0.3 is 0 Å². The van der Waals surface area contributed by atoms with Crippen molar-refractivity contribution in [1.82, 2.24) is 14.7 Å². The molecule has 124 valence electrons. The van der Waals surface area contributed by atoms with E-state index < -0.39 is 0 Å². The van der Waals surface area contributed by atoms with Gasteiger partial charge < -0.3 is 0 Å². The van der Waals surface area contributed by atoms with Gasteiger partial charge in [-0.15, -0.1) is 0 Å². The number of carbonyl (C=O) groups excluding carboxylic acids is 2. The smallest absolute Gasteiger partial charge is 0.261 e. The van der Waals surface area contributed by atoms with Crippen LogP contribution in [0.3, 0.4) is 0 Å². The lowest BCUT2D eigenvalue weighted by atomic mass is 10.1. The Labute approximate surface area is 145 Å². The molecule has 2 aromatic carbocycles. The van der Waals surface area contributed by atoms with Crippen LogP contribution in [0, 0.1) is 0 Å². The second kappa shape index (κ2) is 6.36. The molecular weight excluding hydrogens is 314 g/mol. The van der Waals surface area contributed by atoms with E-state index in [1.54, 1.807) is 30.5 Å². The maximum absolute atomic E-state index is 12.4. The third-order valence-electron chi connectivity index (χ3n) is 4.38. The topological polar surface area (TPSA) is 55.2 Å². The highest BCUT2D eigenvalue weighted by atomic mass is 16.2. The van der Waals surface area contributed by atoms with E-state index in [1.165, 1.54) is 10.5 Å². The summed E-state index contributed by atoms with van der Waals surface area (Å²) in [4.78, 5) is 26.0. The van der Waals surface area contributed by atoms with E-state index in [2.05, 4.69) is 17.2 Å². The Hall–Kier alpha value is -3.21. The Balaban J connectivity index is 1.41. The van der Waals surface area contributed by atoms with Crippen molar-refractivity contribution in [1.29, 1.82) is 0 Å². The second-order valence-corrected chi connectivity index (χ2v) is 6.09. The molecule has 0 saturated carbocycles. The molecule has 0 N–H and O–H groups in total. The van der Waals surface area contributed by atoms with Crippen LogP contribution in [-0.4, -0.2) is 33.0 Å². The average Bonchev–Trinajstić information content (AvgIpc) is 3.18. The van der Waals surface area contributed by atoms with Crippen LogP contribution in [0.2, 0.25) is 0 Å². The highest BCUT2D eigenvalue weighted by Crippen LogP contribution is 2.22. The van der Waals surface area contributed by atoms with Gasteiger partial charge in [-0.2, -0.15) is 5.10 Å². The van der Waals surface area contributed by atoms with Gasteiger partial charge in [0, 0.05) is 12.7 Å². The van der Waals surface area contributed by atoms with E-state index in [-0.39, 0.29) is 11.8 Å². The summed E-state index contributed by atoms with van der Waals surface area (Å²) >= 11 is 0. The van der Waals surface area contributed by atoms with E-state index in [4.69, 9.17) is 0 Å². The Bertz CT molecular complexity index is 896. The SMILES string of the molecule is O=C1c2ccccc2C(=O)N1CCc1cnn(Cc2ccccc2)c1. The summed E-state index contributed by atoms with van der Waals surface area (Å²) in [7, 11) is 0. The minimum absolute atomic E-state index is 0.211. The van der Waals surface area contributed by atoms with Crippen LogP contribution in [0.15, 0.2) is 67.0 Å². The standard InChI is InChI=1S/C20H17N3O2/c24-19-17-8-4-5-9-18(17)20(25)23(19)11-10-16-12-21-22(14-16)13-15-6-2-1-3-7-15/h1-9,12,14H,10-11,13H2. The van der Waals surface area contributed by atoms with Crippen LogP contribution in [0.5, 0.6) is 0 Å². The van der Waals surface area contributed by atoms with Crippen LogP contribution < -0.4 is 0 Å². The van der Waals surface area contributed by atoms with Crippen molar-refractivity contribution in [2.75, 3.05) is 6.54 Å². The summed E-state index contributed by atoms with van der Waals surface area (Å²) in [6.45, 7) is 1.07. The molecular formula is C20H17N3O2. The lowest BCUT2D eigenvalue weighted by Crippen LogP contribution is -2.31. The van der Waals surface area contributed by atoms with E-state index >= 15 is 0 Å². The number of hydrogen-bond donors (Lipinski definition) is 0. The van der Waals surface area contributed by atoms with Crippen molar-refractivity contribution >= 4 is 11.8 Å². The summed E-state index contributed by atoms with van der Waals surface area (Å²) in [6, 6.07) is 17.1. The molecule has 5 heteroatoms. The molecule has 3 aromatic rings. The predicted octanol–water partition coefficient (Wildman–Crippen LogP) is 2.77. The van der Waals surface area contributed by atoms with E-state index in [1.807, 2.05) is 29.1 Å². The lowest BCUT2D eigenvalue weighted by molar-refractivity contribution is 0.0656. The Kier molecular flexibility index (Phi) is 3.90. The minimum atomic E-state index is -0.211. The number of rotatable bonds is 5. The number of nitrogens with zero attached hydrogens (tertiary/aromatic N) is 3. The molecule has 2 amide bonds. The fourth-order valence-corrected chi connectivity index (χ4v) is 3.08. The molecule has 1 aromatic heterocycles. The van der Waals surface area contributed by atoms with E-state index in [0.29, 0.717) is 30.6 Å². The molecule has 0 bridgehead atoms. The molecule has 0 unspecified atom stereocenters. The van der Waals surface area contributed by atoms with Gasteiger partial charge in [-0.3, -0.25) is 19.2 Å². The molecule has 0 radical (unpaired) electrons. The van der Waals surface area contributed by atoms with Gasteiger partial charge in [-0.1, -0.05) is 42.5 Å². The number of imide groups is 1. The number of benzene rings is 2. The van der Waals surface area contributed by atoms with Crippen molar-refractivity contribution in [3.8, 4) is 0 Å². The molecule has 5 nitrogen and oxygen atoms in total.